The highest BCUT2D eigenvalue weighted by Crippen LogP contribution is 2.39. The Kier molecular flexibility index (Phi) is 5.20. The molecule has 3 aromatic rings. The van der Waals surface area contributed by atoms with E-state index >= 15 is 0 Å². The summed E-state index contributed by atoms with van der Waals surface area (Å²) in [6, 6.07) is 21.1. The molecule has 0 aliphatic carbocycles. The molecule has 31 heavy (non-hydrogen) atoms. The van der Waals surface area contributed by atoms with Crippen LogP contribution in [0.1, 0.15) is 22.8 Å². The number of benzene rings is 3. The molecular weight excluding hydrogens is 438 g/mol. The summed E-state index contributed by atoms with van der Waals surface area (Å²) in [6.45, 7) is 0.898. The molecule has 0 spiro atoms. The van der Waals surface area contributed by atoms with E-state index in [1.807, 2.05) is 0 Å². The molecule has 0 saturated carbocycles. The molecule has 3 aromatic carbocycles. The summed E-state index contributed by atoms with van der Waals surface area (Å²) in [5.74, 6) is -0.632. The average molecular weight is 458 g/mol. The Morgan fingerprint density at radius 1 is 0.742 bits per heavy atom. The van der Waals surface area contributed by atoms with Crippen molar-refractivity contribution in [2.75, 3.05) is 6.54 Å². The van der Waals surface area contributed by atoms with Gasteiger partial charge in [-0.05, 0) is 37.3 Å². The van der Waals surface area contributed by atoms with Crippen molar-refractivity contribution in [3.05, 3.63) is 96.1 Å². The van der Waals surface area contributed by atoms with Gasteiger partial charge in [0.05, 0.1) is 21.9 Å². The van der Waals surface area contributed by atoms with Gasteiger partial charge in [0.15, 0.2) is 5.60 Å². The number of ether oxygens (including phenoxy) is 1. The normalized spacial score (nSPS) is 18.6. The number of rotatable bonds is 6. The van der Waals surface area contributed by atoms with E-state index < -0.39 is 38.2 Å². The van der Waals surface area contributed by atoms with Gasteiger partial charge in [0.25, 0.3) is 20.0 Å². The minimum absolute atomic E-state index is 0.185. The molecule has 1 atom stereocenters. The Morgan fingerprint density at radius 2 is 1.19 bits per heavy atom. The Morgan fingerprint density at radius 3 is 1.71 bits per heavy atom. The lowest BCUT2D eigenvalue weighted by molar-refractivity contribution is -0.00172. The number of carbonyl (C=O) groups excluding carboxylic acids is 1. The van der Waals surface area contributed by atoms with E-state index in [1.54, 1.807) is 36.4 Å². The summed E-state index contributed by atoms with van der Waals surface area (Å²) >= 11 is 0. The van der Waals surface area contributed by atoms with Crippen molar-refractivity contribution in [2.24, 2.45) is 0 Å². The van der Waals surface area contributed by atoms with Crippen molar-refractivity contribution < 1.29 is 26.4 Å². The van der Waals surface area contributed by atoms with Gasteiger partial charge in [-0.15, -0.1) is 0 Å². The third-order valence-electron chi connectivity index (χ3n) is 5.08. The van der Waals surface area contributed by atoms with Crippen LogP contribution in [0.4, 0.5) is 0 Å². The summed E-state index contributed by atoms with van der Waals surface area (Å²) in [4.78, 5) is 12.0. The lowest BCUT2D eigenvalue weighted by atomic mass is 9.94. The highest BCUT2D eigenvalue weighted by atomic mass is 32.3. The molecule has 0 radical (unpaired) electrons. The monoisotopic (exact) mass is 457 g/mol. The van der Waals surface area contributed by atoms with Gasteiger partial charge in [0, 0.05) is 5.56 Å². The number of nitrogens with zero attached hydrogens (tertiary/aromatic N) is 1. The fraction of sp³-hybridized carbons (Fsp3) is 0.136. The van der Waals surface area contributed by atoms with E-state index in [1.165, 1.54) is 55.5 Å². The van der Waals surface area contributed by atoms with Gasteiger partial charge < -0.3 is 4.74 Å². The van der Waals surface area contributed by atoms with Crippen LogP contribution in [0.15, 0.2) is 94.7 Å². The number of hydrogen-bond donors (Lipinski definition) is 0. The van der Waals surface area contributed by atoms with Gasteiger partial charge >= 0.3 is 5.97 Å². The molecule has 9 heteroatoms. The molecule has 7 nitrogen and oxygen atoms in total. The Hall–Kier alpha value is -3.01. The second-order valence-electron chi connectivity index (χ2n) is 7.23. The lowest BCUT2D eigenvalue weighted by Crippen LogP contribution is -2.45. The first kappa shape index (κ1) is 21.2. The van der Waals surface area contributed by atoms with Crippen molar-refractivity contribution in [1.29, 1.82) is 0 Å². The van der Waals surface area contributed by atoms with Crippen molar-refractivity contribution in [2.45, 2.75) is 22.3 Å². The van der Waals surface area contributed by atoms with Gasteiger partial charge in [0.1, 0.15) is 0 Å². The minimum Gasteiger partial charge on any atom is -0.449 e. The Bertz CT molecular complexity index is 1270. The van der Waals surface area contributed by atoms with Crippen LogP contribution in [-0.2, 0) is 30.4 Å². The lowest BCUT2D eigenvalue weighted by Gasteiger charge is -2.31. The molecule has 0 unspecified atom stereocenters. The molecule has 0 fully saturated rings. The molecular formula is C22H19NO6S2. The maximum absolute atomic E-state index is 13.5. The Balaban J connectivity index is 1.88. The molecule has 0 N–H and O–H groups in total. The fourth-order valence-electron chi connectivity index (χ4n) is 3.52. The summed E-state index contributed by atoms with van der Waals surface area (Å²) < 4.78 is 59.8. The molecule has 0 aromatic heterocycles. The first-order chi connectivity index (χ1) is 14.7. The van der Waals surface area contributed by atoms with Crippen molar-refractivity contribution in [3.8, 4) is 0 Å². The fourth-order valence-corrected chi connectivity index (χ4v) is 7.37. The number of fused-ring (bicyclic) bond motifs is 1. The number of sulfonamides is 2. The first-order valence-corrected chi connectivity index (χ1v) is 12.3. The van der Waals surface area contributed by atoms with Crippen molar-refractivity contribution in [3.63, 3.8) is 0 Å². The maximum Gasteiger partial charge on any atom is 0.339 e. The van der Waals surface area contributed by atoms with Crippen LogP contribution in [0.25, 0.3) is 0 Å². The van der Waals surface area contributed by atoms with E-state index in [0.717, 1.165) is 0 Å². The third-order valence-corrected chi connectivity index (χ3v) is 9.33. The number of hydrogen-bond acceptors (Lipinski definition) is 6. The molecule has 0 saturated heterocycles. The molecule has 0 bridgehead atoms. The molecule has 4 rings (SSSR count). The predicted molar refractivity (Wildman–Crippen MR) is 113 cm³/mol. The van der Waals surface area contributed by atoms with Gasteiger partial charge in [-0.3, -0.25) is 0 Å². The topological polar surface area (TPSA) is 97.8 Å². The SMILES string of the molecule is C[C@@]1(CN(S(=O)(=O)c2ccccc2)S(=O)(=O)c2ccccc2)OC(=O)c2ccccc21. The maximum atomic E-state index is 13.5. The summed E-state index contributed by atoms with van der Waals surface area (Å²) in [5.41, 5.74) is -0.784. The van der Waals surface area contributed by atoms with Crippen LogP contribution in [0.2, 0.25) is 0 Å². The molecule has 1 aliphatic heterocycles. The van der Waals surface area contributed by atoms with E-state index in [-0.39, 0.29) is 15.4 Å². The summed E-state index contributed by atoms with van der Waals surface area (Å²) in [6.07, 6.45) is 0. The van der Waals surface area contributed by atoms with Crippen LogP contribution in [0, 0.1) is 0 Å². The smallest absolute Gasteiger partial charge is 0.339 e. The van der Waals surface area contributed by atoms with Gasteiger partial charge in [0.2, 0.25) is 0 Å². The second kappa shape index (κ2) is 7.60. The summed E-state index contributed by atoms with van der Waals surface area (Å²) in [7, 11) is -9.00. The minimum atomic E-state index is -4.50. The van der Waals surface area contributed by atoms with Gasteiger partial charge in [-0.2, -0.15) is 0 Å². The van der Waals surface area contributed by atoms with Crippen LogP contribution in [-0.4, -0.2) is 33.1 Å². The Labute approximate surface area is 181 Å². The van der Waals surface area contributed by atoms with Gasteiger partial charge in [-0.25, -0.2) is 21.6 Å². The van der Waals surface area contributed by atoms with E-state index in [0.29, 0.717) is 9.27 Å². The van der Waals surface area contributed by atoms with E-state index in [4.69, 9.17) is 4.74 Å². The van der Waals surface area contributed by atoms with Gasteiger partial charge in [-0.1, -0.05) is 58.3 Å². The average Bonchev–Trinajstić information content (AvgIpc) is 3.04. The van der Waals surface area contributed by atoms with Crippen molar-refractivity contribution >= 4 is 26.0 Å². The summed E-state index contributed by atoms with van der Waals surface area (Å²) in [5, 5.41) is 0. The standard InChI is InChI=1S/C22H19NO6S2/c1-22(20-15-9-8-14-19(20)21(24)29-22)16-23(30(25,26)17-10-4-2-5-11-17)31(27,28)18-12-6-3-7-13-18/h2-15H,16H2,1H3/t22-/m0/s1. The molecule has 0 amide bonds. The number of carbonyl (C=O) groups is 1. The molecule has 160 valence electrons. The second-order valence-corrected chi connectivity index (χ2v) is 11.2. The highest BCUT2D eigenvalue weighted by molar-refractivity contribution is 8.04. The van der Waals surface area contributed by atoms with Crippen LogP contribution >= 0.6 is 0 Å². The van der Waals surface area contributed by atoms with Crippen LogP contribution in [0.5, 0.6) is 0 Å². The number of esters is 1. The first-order valence-electron chi connectivity index (χ1n) is 9.37. The zero-order chi connectivity index (χ0) is 22.3. The van der Waals surface area contributed by atoms with Crippen LogP contribution < -0.4 is 0 Å². The highest BCUT2D eigenvalue weighted by Gasteiger charge is 2.48. The zero-order valence-electron chi connectivity index (χ0n) is 16.5. The van der Waals surface area contributed by atoms with Crippen molar-refractivity contribution in [1.82, 2.24) is 3.71 Å². The van der Waals surface area contributed by atoms with E-state index in [9.17, 15) is 21.6 Å². The van der Waals surface area contributed by atoms with Crippen LogP contribution in [0.3, 0.4) is 0 Å². The predicted octanol–water partition coefficient (Wildman–Crippen LogP) is 3.15. The molecule has 1 heterocycles. The number of cyclic esters (lactones) is 1. The molecule has 1 aliphatic rings. The largest absolute Gasteiger partial charge is 0.449 e. The third kappa shape index (κ3) is 3.65. The van der Waals surface area contributed by atoms with E-state index in [2.05, 4.69) is 0 Å². The quantitative estimate of drug-likeness (QED) is 0.528. The zero-order valence-corrected chi connectivity index (χ0v) is 18.1.